The van der Waals surface area contributed by atoms with E-state index in [0.29, 0.717) is 68.2 Å². The molecule has 10 heteroatoms. The fourth-order valence-electron chi connectivity index (χ4n) is 7.34. The lowest BCUT2D eigenvalue weighted by Crippen LogP contribution is -2.38. The zero-order chi connectivity index (χ0) is 42.9. The third kappa shape index (κ3) is 12.3. The topological polar surface area (TPSA) is 109 Å². The molecule has 0 aliphatic carbocycles. The van der Waals surface area contributed by atoms with E-state index in [9.17, 15) is 14.4 Å². The summed E-state index contributed by atoms with van der Waals surface area (Å²) in [5, 5.41) is 11.6. The van der Waals surface area contributed by atoms with Crippen molar-refractivity contribution in [1.29, 1.82) is 0 Å². The van der Waals surface area contributed by atoms with Crippen LogP contribution in [0.2, 0.25) is 0 Å². The Kier molecular flexibility index (Phi) is 17.4. The molecular formula is C50H62N4O6. The number of rotatable bonds is 24. The molecule has 0 aliphatic rings. The number of amides is 3. The van der Waals surface area contributed by atoms with E-state index in [-0.39, 0.29) is 30.3 Å². The molecule has 0 radical (unpaired) electrons. The van der Waals surface area contributed by atoms with E-state index in [2.05, 4.69) is 71.8 Å². The van der Waals surface area contributed by atoms with Crippen molar-refractivity contribution in [2.45, 2.75) is 77.9 Å². The summed E-state index contributed by atoms with van der Waals surface area (Å²) in [5.74, 6) is 1.56. The van der Waals surface area contributed by atoms with Gasteiger partial charge in [-0.25, -0.2) is 0 Å². The molecule has 0 spiro atoms. The van der Waals surface area contributed by atoms with Gasteiger partial charge in [0.15, 0.2) is 0 Å². The molecule has 0 saturated carbocycles. The van der Waals surface area contributed by atoms with Crippen LogP contribution in [-0.2, 0) is 29.1 Å². The zero-order valence-electron chi connectivity index (χ0n) is 36.1. The maximum Gasteiger partial charge on any atom is 0.254 e. The molecule has 0 aromatic heterocycles. The van der Waals surface area contributed by atoms with Crippen molar-refractivity contribution in [2.75, 3.05) is 47.5 Å². The molecule has 318 valence electrons. The Hall–Kier alpha value is -5.87. The molecule has 1 unspecified atom stereocenters. The van der Waals surface area contributed by atoms with Gasteiger partial charge in [0.25, 0.3) is 5.91 Å². The van der Waals surface area contributed by atoms with E-state index in [0.717, 1.165) is 43.5 Å². The van der Waals surface area contributed by atoms with Gasteiger partial charge in [-0.2, -0.15) is 0 Å². The Morgan fingerprint density at radius 1 is 0.817 bits per heavy atom. The molecular weight excluding hydrogens is 753 g/mol. The van der Waals surface area contributed by atoms with Gasteiger partial charge in [0.2, 0.25) is 11.8 Å². The molecule has 0 aliphatic heterocycles. The highest BCUT2D eigenvalue weighted by molar-refractivity contribution is 6.02. The van der Waals surface area contributed by atoms with Crippen LogP contribution in [-0.4, -0.2) is 81.1 Å². The Morgan fingerprint density at radius 3 is 2.08 bits per heavy atom. The minimum Gasteiger partial charge on any atom is -0.496 e. The van der Waals surface area contributed by atoms with Gasteiger partial charge in [0.05, 0.1) is 32.9 Å². The van der Waals surface area contributed by atoms with E-state index in [1.54, 1.807) is 49.5 Å². The second-order valence-corrected chi connectivity index (χ2v) is 15.2. The van der Waals surface area contributed by atoms with E-state index < -0.39 is 0 Å². The number of hydrogen-bond donors (Lipinski definition) is 2. The molecule has 0 fully saturated rings. The normalized spacial score (nSPS) is 11.6. The van der Waals surface area contributed by atoms with Gasteiger partial charge >= 0.3 is 0 Å². The number of aryl methyl sites for hydroxylation is 1. The quantitative estimate of drug-likeness (QED) is 0.0364. The average Bonchev–Trinajstić information content (AvgIpc) is 3.28. The molecule has 0 bridgehead atoms. The molecule has 3 amide bonds. The number of nitrogens with one attached hydrogen (secondary N) is 2. The monoisotopic (exact) mass is 814 g/mol. The van der Waals surface area contributed by atoms with Gasteiger partial charge in [-0.3, -0.25) is 14.4 Å². The second kappa shape index (κ2) is 23.1. The number of carbonyl (C=O) groups is 3. The van der Waals surface area contributed by atoms with Crippen molar-refractivity contribution in [3.8, 4) is 17.2 Å². The fourth-order valence-corrected chi connectivity index (χ4v) is 7.34. The van der Waals surface area contributed by atoms with Crippen LogP contribution >= 0.6 is 0 Å². The molecule has 60 heavy (non-hydrogen) atoms. The molecule has 5 rings (SSSR count). The van der Waals surface area contributed by atoms with E-state index in [4.69, 9.17) is 14.2 Å². The van der Waals surface area contributed by atoms with E-state index >= 15 is 0 Å². The summed E-state index contributed by atoms with van der Waals surface area (Å²) in [4.78, 5) is 42.5. The number of allylic oxidation sites excluding steroid dienone is 1. The summed E-state index contributed by atoms with van der Waals surface area (Å²) in [6.07, 6.45) is 6.41. The summed E-state index contributed by atoms with van der Waals surface area (Å²) in [6.45, 7) is 11.0. The summed E-state index contributed by atoms with van der Waals surface area (Å²) >= 11 is 0. The summed E-state index contributed by atoms with van der Waals surface area (Å²) in [7, 11) is 5.02. The first-order valence-corrected chi connectivity index (χ1v) is 21.2. The lowest BCUT2D eigenvalue weighted by Gasteiger charge is -2.30. The number of methoxy groups -OCH3 is 2. The summed E-state index contributed by atoms with van der Waals surface area (Å²) in [6, 6.07) is 30.3. The molecule has 5 aromatic carbocycles. The van der Waals surface area contributed by atoms with Crippen LogP contribution in [0.1, 0.15) is 79.4 Å². The molecule has 2 N–H and O–H groups in total. The summed E-state index contributed by atoms with van der Waals surface area (Å²) < 4.78 is 17.7. The van der Waals surface area contributed by atoms with Crippen LogP contribution in [0.5, 0.6) is 17.2 Å². The lowest BCUT2D eigenvalue weighted by molar-refractivity contribution is -0.130. The number of fused-ring (bicyclic) bond motifs is 2. The second-order valence-electron chi connectivity index (χ2n) is 15.2. The first-order chi connectivity index (χ1) is 29.2. The van der Waals surface area contributed by atoms with Crippen molar-refractivity contribution < 1.29 is 28.6 Å². The van der Waals surface area contributed by atoms with Gasteiger partial charge in [0, 0.05) is 63.3 Å². The van der Waals surface area contributed by atoms with Crippen LogP contribution in [0.4, 0.5) is 0 Å². The maximum absolute atomic E-state index is 13.9. The van der Waals surface area contributed by atoms with Crippen molar-refractivity contribution in [3.05, 3.63) is 126 Å². The molecule has 0 saturated heterocycles. The molecule has 1 atom stereocenters. The predicted octanol–water partition coefficient (Wildman–Crippen LogP) is 8.87. The van der Waals surface area contributed by atoms with Crippen molar-refractivity contribution in [1.82, 2.24) is 20.4 Å². The van der Waals surface area contributed by atoms with Crippen LogP contribution in [0.3, 0.4) is 0 Å². The Morgan fingerprint density at radius 2 is 1.47 bits per heavy atom. The van der Waals surface area contributed by atoms with Crippen molar-refractivity contribution >= 4 is 39.3 Å². The highest BCUT2D eigenvalue weighted by Gasteiger charge is 2.25. The number of likely N-dealkylation sites (N-methyl/N-ethyl adjacent to an activating group) is 1. The highest BCUT2D eigenvalue weighted by atomic mass is 16.5. The van der Waals surface area contributed by atoms with Gasteiger partial charge in [-0.15, -0.1) is 6.58 Å². The van der Waals surface area contributed by atoms with Gasteiger partial charge in [0.1, 0.15) is 17.2 Å². The Balaban J connectivity index is 1.08. The minimum atomic E-state index is -0.119. The fraction of sp³-hybridized carbons (Fsp3) is 0.380. The van der Waals surface area contributed by atoms with Gasteiger partial charge in [-0.05, 0) is 96.4 Å². The van der Waals surface area contributed by atoms with Gasteiger partial charge < -0.3 is 34.6 Å². The van der Waals surface area contributed by atoms with E-state index in [1.807, 2.05) is 37.9 Å². The first-order valence-electron chi connectivity index (χ1n) is 21.2. The van der Waals surface area contributed by atoms with Crippen LogP contribution in [0.15, 0.2) is 104 Å². The van der Waals surface area contributed by atoms with E-state index in [1.165, 1.54) is 27.1 Å². The average molecular weight is 815 g/mol. The number of benzene rings is 5. The largest absolute Gasteiger partial charge is 0.496 e. The minimum absolute atomic E-state index is 0.0381. The smallest absolute Gasteiger partial charge is 0.254 e. The van der Waals surface area contributed by atoms with Crippen molar-refractivity contribution in [3.63, 3.8) is 0 Å². The van der Waals surface area contributed by atoms with Crippen LogP contribution in [0, 0.1) is 0 Å². The highest BCUT2D eigenvalue weighted by Crippen LogP contribution is 2.36. The van der Waals surface area contributed by atoms with Crippen molar-refractivity contribution in [2.24, 2.45) is 0 Å². The number of carbonyl (C=O) groups excluding carboxylic acids is 3. The molecule has 10 nitrogen and oxygen atoms in total. The number of hydrogen-bond acceptors (Lipinski definition) is 7. The maximum atomic E-state index is 13.9. The SMILES string of the molecule is C=CCCC(=O)NCc1ccc(C(=O)N(Cc2c(OC)cc(OCCCC(=O)N(C)CCNCCCc3c4ccccc4cc4ccccc34)cc2OC)C(C)CC)cc1. The summed E-state index contributed by atoms with van der Waals surface area (Å²) in [5.41, 5.74) is 3.58. The third-order valence-electron chi connectivity index (χ3n) is 11.1. The molecule has 5 aromatic rings. The standard InChI is InChI=1S/C50H62N4O6/c1-7-9-21-48(55)52-34-37-23-25-38(26-24-37)50(57)54(36(3)8-2)35-45-46(58-5)32-41(33-47(45)59-6)60-30-15-22-49(56)53(4)29-28-51-27-14-20-44-42-18-12-10-16-39(42)31-40-17-11-13-19-43(40)44/h7,10-13,16-19,23-26,31-33,36,51H,1,8-9,14-15,20-22,27-30,34-35H2,2-6H3,(H,52,55). The van der Waals surface area contributed by atoms with Gasteiger partial charge in [-0.1, -0.05) is 73.7 Å². The number of ether oxygens (including phenoxy) is 3. The lowest BCUT2D eigenvalue weighted by atomic mass is 9.94. The molecule has 0 heterocycles. The predicted molar refractivity (Wildman–Crippen MR) is 242 cm³/mol. The Labute approximate surface area is 355 Å². The third-order valence-corrected chi connectivity index (χ3v) is 11.1. The Bertz CT molecular complexity index is 2120. The van der Waals surface area contributed by atoms with Crippen LogP contribution < -0.4 is 24.8 Å². The first kappa shape index (κ1) is 45.2. The number of nitrogens with zero attached hydrogens (tertiary/aromatic N) is 2. The zero-order valence-corrected chi connectivity index (χ0v) is 36.1. The van der Waals surface area contributed by atoms with Crippen LogP contribution in [0.25, 0.3) is 21.5 Å².